The molecule has 1 aromatic rings. The largest absolute Gasteiger partial charge is 0.493 e. The molecule has 1 aliphatic rings. The van der Waals surface area contributed by atoms with Crippen molar-refractivity contribution in [3.05, 3.63) is 24.3 Å². The van der Waals surface area contributed by atoms with E-state index in [0.29, 0.717) is 5.37 Å². The van der Waals surface area contributed by atoms with Crippen molar-refractivity contribution in [1.82, 2.24) is 4.90 Å². The molecular weight excluding hydrogens is 270 g/mol. The molecule has 1 atom stereocenters. The number of nitrogens with zero attached hydrogens (tertiary/aromatic N) is 1. The number of hydrogen-bond donors (Lipinski definition) is 0. The molecule has 0 spiro atoms. The molecule has 0 amide bonds. The molecule has 0 saturated carbocycles. The molecule has 1 unspecified atom stereocenters. The lowest BCUT2D eigenvalue weighted by Crippen LogP contribution is -2.33. The van der Waals surface area contributed by atoms with Crippen molar-refractivity contribution >= 4 is 11.8 Å². The molecule has 112 valence electrons. The molecular formula is C16H25NO2S. The van der Waals surface area contributed by atoms with Crippen LogP contribution in [0, 0.1) is 0 Å². The highest BCUT2D eigenvalue weighted by Gasteiger charge is 2.25. The summed E-state index contributed by atoms with van der Waals surface area (Å²) in [6, 6.07) is 7.86. The van der Waals surface area contributed by atoms with Crippen molar-refractivity contribution in [3.8, 4) is 11.5 Å². The second kappa shape index (κ2) is 8.42. The standard InChI is InChI=1S/C16H25NO2S/c1-3-4-7-10-17-11-12-20-16(17)13-19-15-9-6-5-8-14(15)18-2/h5-6,8-9,16H,3-4,7,10-13H2,1-2H3. The predicted octanol–water partition coefficient (Wildman–Crippen LogP) is 3.64. The lowest BCUT2D eigenvalue weighted by molar-refractivity contribution is 0.199. The van der Waals surface area contributed by atoms with Crippen molar-refractivity contribution < 1.29 is 9.47 Å². The Morgan fingerprint density at radius 3 is 2.80 bits per heavy atom. The lowest BCUT2D eigenvalue weighted by atomic mass is 10.2. The van der Waals surface area contributed by atoms with Gasteiger partial charge in [-0.2, -0.15) is 0 Å². The highest BCUT2D eigenvalue weighted by Crippen LogP contribution is 2.29. The monoisotopic (exact) mass is 295 g/mol. The van der Waals surface area contributed by atoms with Gasteiger partial charge in [-0.25, -0.2) is 0 Å². The van der Waals surface area contributed by atoms with Crippen LogP contribution in [0.15, 0.2) is 24.3 Å². The predicted molar refractivity (Wildman–Crippen MR) is 85.8 cm³/mol. The van der Waals surface area contributed by atoms with E-state index >= 15 is 0 Å². The van der Waals surface area contributed by atoms with Crippen LogP contribution in [0.25, 0.3) is 0 Å². The SMILES string of the molecule is CCCCCN1CCSC1COc1ccccc1OC. The van der Waals surface area contributed by atoms with Gasteiger partial charge in [0.15, 0.2) is 11.5 Å². The quantitative estimate of drug-likeness (QED) is 0.683. The van der Waals surface area contributed by atoms with Gasteiger partial charge in [0, 0.05) is 12.3 Å². The number of unbranched alkanes of at least 4 members (excludes halogenated alkanes) is 2. The summed E-state index contributed by atoms with van der Waals surface area (Å²) in [5.41, 5.74) is 0. The summed E-state index contributed by atoms with van der Waals surface area (Å²) >= 11 is 2.00. The number of para-hydroxylation sites is 2. The highest BCUT2D eigenvalue weighted by atomic mass is 32.2. The van der Waals surface area contributed by atoms with E-state index in [2.05, 4.69) is 11.8 Å². The van der Waals surface area contributed by atoms with Crippen LogP contribution in [-0.2, 0) is 0 Å². The van der Waals surface area contributed by atoms with Crippen molar-refractivity contribution in [2.24, 2.45) is 0 Å². The molecule has 20 heavy (non-hydrogen) atoms. The zero-order valence-electron chi connectivity index (χ0n) is 12.5. The molecule has 3 nitrogen and oxygen atoms in total. The van der Waals surface area contributed by atoms with Crippen LogP contribution in [0.5, 0.6) is 11.5 Å². The van der Waals surface area contributed by atoms with Crippen LogP contribution in [0.3, 0.4) is 0 Å². The minimum Gasteiger partial charge on any atom is -0.493 e. The van der Waals surface area contributed by atoms with E-state index in [4.69, 9.17) is 9.47 Å². The van der Waals surface area contributed by atoms with Gasteiger partial charge >= 0.3 is 0 Å². The number of ether oxygens (including phenoxy) is 2. The van der Waals surface area contributed by atoms with Gasteiger partial charge < -0.3 is 9.47 Å². The number of thioether (sulfide) groups is 1. The van der Waals surface area contributed by atoms with Crippen molar-refractivity contribution in [3.63, 3.8) is 0 Å². The van der Waals surface area contributed by atoms with E-state index in [-0.39, 0.29) is 0 Å². The minimum absolute atomic E-state index is 0.483. The molecule has 0 radical (unpaired) electrons. The second-order valence-electron chi connectivity index (χ2n) is 5.03. The fourth-order valence-electron chi connectivity index (χ4n) is 2.43. The molecule has 1 saturated heterocycles. The van der Waals surface area contributed by atoms with Gasteiger partial charge in [0.05, 0.1) is 12.5 Å². The van der Waals surface area contributed by atoms with Crippen LogP contribution in [0.4, 0.5) is 0 Å². The summed E-state index contributed by atoms with van der Waals surface area (Å²) < 4.78 is 11.3. The average Bonchev–Trinajstić information content (AvgIpc) is 2.93. The minimum atomic E-state index is 0.483. The number of rotatable bonds is 8. The molecule has 0 aliphatic carbocycles. The molecule has 1 fully saturated rings. The maximum absolute atomic E-state index is 5.96. The first-order valence-electron chi connectivity index (χ1n) is 7.46. The van der Waals surface area contributed by atoms with Gasteiger partial charge in [0.25, 0.3) is 0 Å². The van der Waals surface area contributed by atoms with E-state index in [9.17, 15) is 0 Å². The van der Waals surface area contributed by atoms with Gasteiger partial charge in [-0.1, -0.05) is 31.9 Å². The Labute approximate surface area is 126 Å². The summed E-state index contributed by atoms with van der Waals surface area (Å²) in [6.07, 6.45) is 3.90. The zero-order chi connectivity index (χ0) is 14.2. The summed E-state index contributed by atoms with van der Waals surface area (Å²) in [5.74, 6) is 2.87. The molecule has 0 bridgehead atoms. The molecule has 0 aromatic heterocycles. The van der Waals surface area contributed by atoms with E-state index in [1.54, 1.807) is 7.11 Å². The Bertz CT molecular complexity index is 400. The fourth-order valence-corrected chi connectivity index (χ4v) is 3.63. The van der Waals surface area contributed by atoms with Crippen molar-refractivity contribution in [2.75, 3.05) is 32.6 Å². The van der Waals surface area contributed by atoms with E-state index in [1.807, 2.05) is 36.0 Å². The van der Waals surface area contributed by atoms with Crippen LogP contribution in [-0.4, -0.2) is 42.8 Å². The molecule has 4 heteroatoms. The first-order chi connectivity index (χ1) is 9.85. The highest BCUT2D eigenvalue weighted by molar-refractivity contribution is 8.00. The molecule has 1 heterocycles. The summed E-state index contributed by atoms with van der Waals surface area (Å²) in [7, 11) is 1.68. The van der Waals surface area contributed by atoms with Crippen molar-refractivity contribution in [2.45, 2.75) is 31.6 Å². The Morgan fingerprint density at radius 1 is 1.25 bits per heavy atom. The second-order valence-corrected chi connectivity index (χ2v) is 6.32. The zero-order valence-corrected chi connectivity index (χ0v) is 13.3. The van der Waals surface area contributed by atoms with Gasteiger partial charge in [0.1, 0.15) is 6.61 Å². The van der Waals surface area contributed by atoms with E-state index in [1.165, 1.54) is 38.1 Å². The summed E-state index contributed by atoms with van der Waals surface area (Å²) in [4.78, 5) is 2.55. The van der Waals surface area contributed by atoms with E-state index in [0.717, 1.165) is 18.1 Å². The van der Waals surface area contributed by atoms with Crippen LogP contribution >= 0.6 is 11.8 Å². The Kier molecular flexibility index (Phi) is 6.54. The maximum Gasteiger partial charge on any atom is 0.161 e. The first kappa shape index (κ1) is 15.5. The Hall–Kier alpha value is -0.870. The Morgan fingerprint density at radius 2 is 2.05 bits per heavy atom. The lowest BCUT2D eigenvalue weighted by Gasteiger charge is -2.23. The molecule has 2 rings (SSSR count). The van der Waals surface area contributed by atoms with Gasteiger partial charge in [0.2, 0.25) is 0 Å². The van der Waals surface area contributed by atoms with Crippen LogP contribution < -0.4 is 9.47 Å². The fraction of sp³-hybridized carbons (Fsp3) is 0.625. The topological polar surface area (TPSA) is 21.7 Å². The number of hydrogen-bond acceptors (Lipinski definition) is 4. The summed E-state index contributed by atoms with van der Waals surface area (Å²) in [5, 5.41) is 0.483. The number of methoxy groups -OCH3 is 1. The Balaban J connectivity index is 1.83. The van der Waals surface area contributed by atoms with E-state index < -0.39 is 0 Å². The van der Waals surface area contributed by atoms with Gasteiger partial charge in [-0.15, -0.1) is 11.8 Å². The van der Waals surface area contributed by atoms with Crippen molar-refractivity contribution in [1.29, 1.82) is 0 Å². The van der Waals surface area contributed by atoms with Crippen LogP contribution in [0.2, 0.25) is 0 Å². The smallest absolute Gasteiger partial charge is 0.161 e. The first-order valence-corrected chi connectivity index (χ1v) is 8.51. The number of benzene rings is 1. The third-order valence-corrected chi connectivity index (χ3v) is 4.83. The maximum atomic E-state index is 5.96. The molecule has 1 aliphatic heterocycles. The van der Waals surface area contributed by atoms with Gasteiger partial charge in [-0.05, 0) is 25.1 Å². The van der Waals surface area contributed by atoms with Gasteiger partial charge in [-0.3, -0.25) is 4.90 Å². The normalized spacial score (nSPS) is 19.2. The third kappa shape index (κ3) is 4.32. The third-order valence-electron chi connectivity index (χ3n) is 3.60. The summed E-state index contributed by atoms with van der Waals surface area (Å²) in [6.45, 7) is 5.37. The molecule has 0 N–H and O–H groups in total. The van der Waals surface area contributed by atoms with Crippen LogP contribution in [0.1, 0.15) is 26.2 Å². The molecule has 1 aromatic carbocycles. The average molecular weight is 295 g/mol.